The molecule has 0 spiro atoms. The van der Waals surface area contributed by atoms with Gasteiger partial charge in [0.1, 0.15) is 11.6 Å². The highest BCUT2D eigenvalue weighted by molar-refractivity contribution is 7.13. The number of amides is 1. The summed E-state index contributed by atoms with van der Waals surface area (Å²) in [7, 11) is 0. The minimum atomic E-state index is -2.92. The number of aromatic nitrogens is 2. The lowest BCUT2D eigenvalue weighted by Gasteiger charge is -2.08. The first-order valence-electron chi connectivity index (χ1n) is 7.65. The Balaban J connectivity index is 1.57. The van der Waals surface area contributed by atoms with Crippen molar-refractivity contribution < 1.29 is 18.3 Å². The van der Waals surface area contributed by atoms with Crippen LogP contribution in [0.1, 0.15) is 5.69 Å². The first-order valence-corrected chi connectivity index (χ1v) is 8.91. The molecular weight excluding hydrogens is 398 g/mol. The molecule has 2 aromatic heterocycles. The fourth-order valence-corrected chi connectivity index (χ4v) is 2.95. The number of carbonyl (C=O) groups is 1. The van der Waals surface area contributed by atoms with Crippen molar-refractivity contribution in [1.82, 2.24) is 9.97 Å². The molecule has 0 radical (unpaired) electrons. The van der Waals surface area contributed by atoms with Crippen LogP contribution in [0.25, 0.3) is 0 Å². The number of nitrogens with zero attached hydrogens (tertiary/aromatic N) is 2. The molecule has 0 bridgehead atoms. The van der Waals surface area contributed by atoms with Gasteiger partial charge >= 0.3 is 6.61 Å². The third-order valence-electron chi connectivity index (χ3n) is 3.20. The van der Waals surface area contributed by atoms with E-state index in [-0.39, 0.29) is 18.1 Å². The minimum Gasteiger partial charge on any atom is -0.435 e. The van der Waals surface area contributed by atoms with Gasteiger partial charge in [-0.1, -0.05) is 17.7 Å². The molecule has 27 heavy (non-hydrogen) atoms. The molecule has 3 rings (SSSR count). The summed E-state index contributed by atoms with van der Waals surface area (Å²) in [6.07, 6.45) is 1.55. The first-order chi connectivity index (χ1) is 13.0. The second kappa shape index (κ2) is 8.74. The fourth-order valence-electron chi connectivity index (χ4n) is 2.12. The molecule has 1 amide bonds. The van der Waals surface area contributed by atoms with Gasteiger partial charge < -0.3 is 15.4 Å². The summed E-state index contributed by atoms with van der Waals surface area (Å²) in [6, 6.07) is 9.21. The van der Waals surface area contributed by atoms with Gasteiger partial charge in [-0.2, -0.15) is 8.78 Å². The number of alkyl halides is 2. The highest BCUT2D eigenvalue weighted by Crippen LogP contribution is 2.22. The number of pyridine rings is 1. The van der Waals surface area contributed by atoms with Crippen LogP contribution in [-0.2, 0) is 11.2 Å². The van der Waals surface area contributed by atoms with Crippen molar-refractivity contribution in [3.63, 3.8) is 0 Å². The molecular formula is C17H13ClF2N4O2S. The van der Waals surface area contributed by atoms with Gasteiger partial charge in [0.05, 0.1) is 17.1 Å². The van der Waals surface area contributed by atoms with Crippen LogP contribution in [0.4, 0.5) is 25.4 Å². The Bertz CT molecular complexity index is 921. The zero-order chi connectivity index (χ0) is 19.2. The summed E-state index contributed by atoms with van der Waals surface area (Å²) < 4.78 is 28.8. The minimum absolute atomic E-state index is 0.0293. The SMILES string of the molecule is O=C(Cc1csc(Nc2ccc(Cl)cn2)n1)Nc1cccc(OC(F)F)c1. The third kappa shape index (κ3) is 5.87. The summed E-state index contributed by atoms with van der Waals surface area (Å²) in [6.45, 7) is -2.92. The standard InChI is InChI=1S/C17H13ClF2N4O2S/c18-10-4-5-14(21-8-10)24-17-23-12(9-27-17)7-15(25)22-11-2-1-3-13(6-11)26-16(19)20/h1-6,8-9,16H,7H2,(H,22,25)(H,21,23,24). The number of carbonyl (C=O) groups excluding carboxylic acids is 1. The Kier molecular flexibility index (Phi) is 6.15. The Morgan fingerprint density at radius 2 is 2.15 bits per heavy atom. The average Bonchev–Trinajstić information content (AvgIpc) is 3.03. The molecule has 140 valence electrons. The van der Waals surface area contributed by atoms with Crippen LogP contribution in [0.2, 0.25) is 5.02 Å². The summed E-state index contributed by atoms with van der Waals surface area (Å²) in [5.41, 5.74) is 0.922. The molecule has 3 aromatic rings. The van der Waals surface area contributed by atoms with Crippen LogP contribution in [0.5, 0.6) is 5.75 Å². The van der Waals surface area contributed by atoms with Gasteiger partial charge in [0.15, 0.2) is 5.13 Å². The number of rotatable bonds is 7. The van der Waals surface area contributed by atoms with Gasteiger partial charge in [-0.25, -0.2) is 9.97 Å². The molecule has 2 N–H and O–H groups in total. The van der Waals surface area contributed by atoms with E-state index in [9.17, 15) is 13.6 Å². The van der Waals surface area contributed by atoms with Crippen molar-refractivity contribution in [2.75, 3.05) is 10.6 Å². The largest absolute Gasteiger partial charge is 0.435 e. The highest BCUT2D eigenvalue weighted by atomic mass is 35.5. The van der Waals surface area contributed by atoms with Gasteiger partial charge in [0, 0.05) is 23.3 Å². The van der Waals surface area contributed by atoms with E-state index in [1.165, 1.54) is 35.7 Å². The van der Waals surface area contributed by atoms with Crippen LogP contribution < -0.4 is 15.4 Å². The normalized spacial score (nSPS) is 10.7. The van der Waals surface area contributed by atoms with Crippen molar-refractivity contribution in [1.29, 1.82) is 0 Å². The number of halogens is 3. The van der Waals surface area contributed by atoms with Gasteiger partial charge in [-0.15, -0.1) is 11.3 Å². The summed E-state index contributed by atoms with van der Waals surface area (Å²) in [4.78, 5) is 20.6. The van der Waals surface area contributed by atoms with E-state index in [4.69, 9.17) is 11.6 Å². The molecule has 0 aliphatic carbocycles. The molecule has 6 nitrogen and oxygen atoms in total. The number of hydrogen-bond donors (Lipinski definition) is 2. The number of nitrogens with one attached hydrogen (secondary N) is 2. The van der Waals surface area contributed by atoms with Crippen LogP contribution in [0.15, 0.2) is 48.0 Å². The highest BCUT2D eigenvalue weighted by Gasteiger charge is 2.10. The van der Waals surface area contributed by atoms with E-state index in [0.29, 0.717) is 27.4 Å². The Morgan fingerprint density at radius 1 is 1.30 bits per heavy atom. The molecule has 1 aromatic carbocycles. The number of hydrogen-bond acceptors (Lipinski definition) is 6. The number of ether oxygens (including phenoxy) is 1. The lowest BCUT2D eigenvalue weighted by Crippen LogP contribution is -2.14. The van der Waals surface area contributed by atoms with Crippen LogP contribution in [0, 0.1) is 0 Å². The maximum Gasteiger partial charge on any atom is 0.387 e. The van der Waals surface area contributed by atoms with E-state index in [2.05, 4.69) is 25.3 Å². The van der Waals surface area contributed by atoms with Crippen LogP contribution >= 0.6 is 22.9 Å². The molecule has 0 aliphatic heterocycles. The van der Waals surface area contributed by atoms with Crippen molar-refractivity contribution in [3.05, 3.63) is 58.7 Å². The second-order valence-electron chi connectivity index (χ2n) is 5.26. The Labute approximate surface area is 162 Å². The summed E-state index contributed by atoms with van der Waals surface area (Å²) in [5, 5.41) is 8.50. The average molecular weight is 411 g/mol. The third-order valence-corrected chi connectivity index (χ3v) is 4.23. The number of thiazole rings is 1. The molecule has 0 saturated heterocycles. The predicted octanol–water partition coefficient (Wildman–Crippen LogP) is 4.72. The maximum absolute atomic E-state index is 12.2. The van der Waals surface area contributed by atoms with E-state index in [1.807, 2.05) is 0 Å². The van der Waals surface area contributed by atoms with E-state index in [0.717, 1.165) is 0 Å². The van der Waals surface area contributed by atoms with Crippen molar-refractivity contribution >= 4 is 45.5 Å². The monoisotopic (exact) mass is 410 g/mol. The summed E-state index contributed by atoms with van der Waals surface area (Å²) in [5.74, 6) is 0.227. The Morgan fingerprint density at radius 3 is 2.89 bits per heavy atom. The van der Waals surface area contributed by atoms with Crippen molar-refractivity contribution in [3.8, 4) is 5.75 Å². The number of benzene rings is 1. The molecule has 10 heteroatoms. The van der Waals surface area contributed by atoms with Crippen molar-refractivity contribution in [2.45, 2.75) is 13.0 Å². The molecule has 0 saturated carbocycles. The van der Waals surface area contributed by atoms with Gasteiger partial charge in [-0.05, 0) is 24.3 Å². The molecule has 0 unspecified atom stereocenters. The van der Waals surface area contributed by atoms with Crippen LogP contribution in [0.3, 0.4) is 0 Å². The summed E-state index contributed by atoms with van der Waals surface area (Å²) >= 11 is 7.11. The van der Waals surface area contributed by atoms with E-state index < -0.39 is 6.61 Å². The second-order valence-corrected chi connectivity index (χ2v) is 6.56. The van der Waals surface area contributed by atoms with Gasteiger partial charge in [-0.3, -0.25) is 4.79 Å². The quantitative estimate of drug-likeness (QED) is 0.589. The van der Waals surface area contributed by atoms with E-state index >= 15 is 0 Å². The molecule has 2 heterocycles. The predicted molar refractivity (Wildman–Crippen MR) is 100 cm³/mol. The molecule has 0 aliphatic rings. The molecule has 0 fully saturated rings. The fraction of sp³-hybridized carbons (Fsp3) is 0.118. The smallest absolute Gasteiger partial charge is 0.387 e. The van der Waals surface area contributed by atoms with Crippen molar-refractivity contribution in [2.24, 2.45) is 0 Å². The first kappa shape index (κ1) is 19.0. The Hall–Kier alpha value is -2.78. The number of anilines is 3. The van der Waals surface area contributed by atoms with E-state index in [1.54, 1.807) is 23.6 Å². The van der Waals surface area contributed by atoms with Gasteiger partial charge in [0.25, 0.3) is 0 Å². The molecule has 0 atom stereocenters. The maximum atomic E-state index is 12.2. The lowest BCUT2D eigenvalue weighted by atomic mass is 10.2. The lowest BCUT2D eigenvalue weighted by molar-refractivity contribution is -0.115. The van der Waals surface area contributed by atoms with Crippen LogP contribution in [-0.4, -0.2) is 22.5 Å². The topological polar surface area (TPSA) is 76.1 Å². The zero-order valence-corrected chi connectivity index (χ0v) is 15.2. The van der Waals surface area contributed by atoms with Gasteiger partial charge in [0.2, 0.25) is 5.91 Å². The zero-order valence-electron chi connectivity index (χ0n) is 13.7.